The second-order valence-corrected chi connectivity index (χ2v) is 5.38. The molecule has 5 nitrogen and oxygen atoms in total. The Morgan fingerprint density at radius 2 is 2.16 bits per heavy atom. The number of nitrogen functional groups attached to an aromatic ring is 1. The normalized spacial score (nSPS) is 17.5. The molecule has 1 atom stereocenters. The van der Waals surface area contributed by atoms with Gasteiger partial charge in [0.1, 0.15) is 6.61 Å². The average molecular weight is 357 g/mol. The quantitative estimate of drug-likeness (QED) is 0.512. The molecule has 1 aromatic rings. The van der Waals surface area contributed by atoms with Gasteiger partial charge < -0.3 is 19.9 Å². The summed E-state index contributed by atoms with van der Waals surface area (Å²) in [4.78, 5) is 11.6. The summed E-state index contributed by atoms with van der Waals surface area (Å²) in [6, 6.07) is 1.66. The molecule has 1 unspecified atom stereocenters. The summed E-state index contributed by atoms with van der Waals surface area (Å²) in [5.41, 5.74) is 3.65. The van der Waals surface area contributed by atoms with Crippen molar-refractivity contribution >= 4 is 11.7 Å². The predicted octanol–water partition coefficient (Wildman–Crippen LogP) is 2.97. The number of nitrogens with two attached hydrogens (primary N) is 1. The lowest BCUT2D eigenvalue weighted by Crippen LogP contribution is -2.22. The number of anilines is 1. The zero-order chi connectivity index (χ0) is 18.4. The van der Waals surface area contributed by atoms with E-state index in [2.05, 4.69) is 16.6 Å². The molecule has 0 aliphatic carbocycles. The number of carbonyl (C=O) groups is 1. The molecule has 1 heterocycles. The van der Waals surface area contributed by atoms with Gasteiger partial charge in [-0.25, -0.2) is 4.79 Å². The minimum atomic E-state index is -4.65. The summed E-state index contributed by atoms with van der Waals surface area (Å²) in [7, 11) is 1.11. The summed E-state index contributed by atoms with van der Waals surface area (Å²) in [6.07, 6.45) is -2.38. The Labute approximate surface area is 143 Å². The van der Waals surface area contributed by atoms with Gasteiger partial charge in [-0.15, -0.1) is 0 Å². The van der Waals surface area contributed by atoms with E-state index in [1.165, 1.54) is 0 Å². The second-order valence-electron chi connectivity index (χ2n) is 5.38. The van der Waals surface area contributed by atoms with Crippen molar-refractivity contribution in [3.05, 3.63) is 28.8 Å². The highest BCUT2D eigenvalue weighted by Crippen LogP contribution is 2.34. The highest BCUT2D eigenvalue weighted by atomic mass is 19.4. The van der Waals surface area contributed by atoms with E-state index in [0.717, 1.165) is 32.4 Å². The van der Waals surface area contributed by atoms with Gasteiger partial charge >= 0.3 is 12.1 Å². The Morgan fingerprint density at radius 3 is 2.76 bits per heavy atom. The number of methoxy groups -OCH3 is 1. The van der Waals surface area contributed by atoms with Gasteiger partial charge in [-0.2, -0.15) is 13.2 Å². The van der Waals surface area contributed by atoms with Crippen LogP contribution in [0.5, 0.6) is 0 Å². The summed E-state index contributed by atoms with van der Waals surface area (Å²) in [5, 5.41) is 0. The van der Waals surface area contributed by atoms with E-state index in [-0.39, 0.29) is 29.7 Å². The lowest BCUT2D eigenvalue weighted by molar-refractivity contribution is -0.154. The number of ether oxygens (including phenoxy) is 3. The van der Waals surface area contributed by atoms with Crippen LogP contribution < -0.4 is 5.73 Å². The van der Waals surface area contributed by atoms with Crippen molar-refractivity contribution in [2.75, 3.05) is 26.1 Å². The molecule has 1 aromatic carbocycles. The number of alkyl halides is 3. The fourth-order valence-corrected chi connectivity index (χ4v) is 2.35. The lowest BCUT2D eigenvalue weighted by Gasteiger charge is -2.21. The highest BCUT2D eigenvalue weighted by Gasteiger charge is 2.34. The molecule has 2 N–H and O–H groups in total. The molecule has 1 saturated heterocycles. The van der Waals surface area contributed by atoms with E-state index in [1.54, 1.807) is 0 Å². The first kappa shape index (κ1) is 19.1. The van der Waals surface area contributed by atoms with Gasteiger partial charge in [0.05, 0.1) is 18.2 Å². The maximum Gasteiger partial charge on any atom is 0.417 e. The van der Waals surface area contributed by atoms with Crippen LogP contribution in [0.15, 0.2) is 12.1 Å². The number of benzene rings is 1. The topological polar surface area (TPSA) is 70.8 Å². The van der Waals surface area contributed by atoms with Crippen molar-refractivity contribution in [1.82, 2.24) is 0 Å². The molecule has 2 rings (SSSR count). The molecule has 0 amide bonds. The lowest BCUT2D eigenvalue weighted by atomic mass is 10.0. The van der Waals surface area contributed by atoms with Crippen LogP contribution in [0.1, 0.15) is 40.7 Å². The minimum absolute atomic E-state index is 0.0834. The molecule has 1 fully saturated rings. The molecule has 0 aromatic heterocycles. The summed E-state index contributed by atoms with van der Waals surface area (Å²) < 4.78 is 54.7. The van der Waals surface area contributed by atoms with Crippen molar-refractivity contribution in [2.24, 2.45) is 0 Å². The van der Waals surface area contributed by atoms with E-state index in [4.69, 9.17) is 15.2 Å². The minimum Gasteiger partial charge on any atom is -0.465 e. The largest absolute Gasteiger partial charge is 0.465 e. The van der Waals surface area contributed by atoms with Crippen LogP contribution in [-0.4, -0.2) is 32.6 Å². The number of halogens is 3. The second kappa shape index (κ2) is 8.23. The number of rotatable bonds is 3. The molecular formula is C17H18F3NO4. The van der Waals surface area contributed by atoms with Crippen molar-refractivity contribution in [3.8, 4) is 11.8 Å². The number of hydrogen-bond acceptors (Lipinski definition) is 5. The van der Waals surface area contributed by atoms with E-state index < -0.39 is 17.7 Å². The smallest absolute Gasteiger partial charge is 0.417 e. The number of hydrogen-bond donors (Lipinski definition) is 1. The third-order valence-electron chi connectivity index (χ3n) is 3.60. The van der Waals surface area contributed by atoms with Gasteiger partial charge in [0.15, 0.2) is 6.29 Å². The van der Waals surface area contributed by atoms with Crippen LogP contribution in [0, 0.1) is 11.8 Å². The van der Waals surface area contributed by atoms with Crippen LogP contribution in [0.25, 0.3) is 0 Å². The third-order valence-corrected chi connectivity index (χ3v) is 3.60. The Kier molecular flexibility index (Phi) is 6.28. The average Bonchev–Trinajstić information content (AvgIpc) is 2.58. The Morgan fingerprint density at radius 1 is 1.40 bits per heavy atom. The van der Waals surface area contributed by atoms with Crippen molar-refractivity contribution in [1.29, 1.82) is 0 Å². The fourth-order valence-electron chi connectivity index (χ4n) is 2.35. The van der Waals surface area contributed by atoms with Gasteiger partial charge in [-0.3, -0.25) is 0 Å². The van der Waals surface area contributed by atoms with Crippen LogP contribution >= 0.6 is 0 Å². The monoisotopic (exact) mass is 357 g/mol. The van der Waals surface area contributed by atoms with Crippen LogP contribution in [0.2, 0.25) is 0 Å². The van der Waals surface area contributed by atoms with Gasteiger partial charge in [0, 0.05) is 17.9 Å². The van der Waals surface area contributed by atoms with Gasteiger partial charge in [0.2, 0.25) is 0 Å². The van der Waals surface area contributed by atoms with Gasteiger partial charge in [-0.1, -0.05) is 11.8 Å². The zero-order valence-electron chi connectivity index (χ0n) is 13.6. The van der Waals surface area contributed by atoms with Crippen molar-refractivity contribution in [2.45, 2.75) is 31.7 Å². The molecule has 1 aliphatic rings. The highest BCUT2D eigenvalue weighted by molar-refractivity contribution is 5.95. The van der Waals surface area contributed by atoms with E-state index >= 15 is 0 Å². The van der Waals surface area contributed by atoms with E-state index in [0.29, 0.717) is 12.7 Å². The third kappa shape index (κ3) is 5.11. The summed E-state index contributed by atoms with van der Waals surface area (Å²) >= 11 is 0. The van der Waals surface area contributed by atoms with Crippen LogP contribution in [-0.2, 0) is 20.4 Å². The number of carbonyl (C=O) groups excluding carboxylic acids is 1. The molecule has 0 saturated carbocycles. The SMILES string of the molecule is COC(=O)c1cc(C#CCOC2CCCCO2)c(C(F)(F)F)cc1N. The molecule has 0 radical (unpaired) electrons. The summed E-state index contributed by atoms with van der Waals surface area (Å²) in [5.74, 6) is 4.08. The zero-order valence-corrected chi connectivity index (χ0v) is 13.6. The van der Waals surface area contributed by atoms with Crippen molar-refractivity contribution < 1.29 is 32.2 Å². The molecule has 0 spiro atoms. The molecule has 8 heteroatoms. The van der Waals surface area contributed by atoms with Gasteiger partial charge in [-0.05, 0) is 31.4 Å². The molecule has 0 bridgehead atoms. The Balaban J connectivity index is 2.22. The van der Waals surface area contributed by atoms with Crippen molar-refractivity contribution in [3.63, 3.8) is 0 Å². The maximum atomic E-state index is 13.2. The standard InChI is InChI=1S/C17H18F3NO4/c1-23-16(22)12-9-11(13(10-14(12)21)17(18,19)20)5-4-8-25-15-6-2-3-7-24-15/h9-10,15H,2-3,6-8,21H2,1H3. The first-order valence-electron chi connectivity index (χ1n) is 7.64. The Bertz CT molecular complexity index is 686. The molecular weight excluding hydrogens is 339 g/mol. The molecule has 136 valence electrons. The first-order chi connectivity index (χ1) is 11.8. The predicted molar refractivity (Wildman–Crippen MR) is 83.6 cm³/mol. The van der Waals surface area contributed by atoms with E-state index in [1.807, 2.05) is 0 Å². The van der Waals surface area contributed by atoms with Crippen LogP contribution in [0.3, 0.4) is 0 Å². The molecule has 1 aliphatic heterocycles. The first-order valence-corrected chi connectivity index (χ1v) is 7.64. The summed E-state index contributed by atoms with van der Waals surface area (Å²) in [6.45, 7) is 0.511. The fraction of sp³-hybridized carbons (Fsp3) is 0.471. The maximum absolute atomic E-state index is 13.2. The Hall–Kier alpha value is -2.24. The molecule has 25 heavy (non-hydrogen) atoms. The van der Waals surface area contributed by atoms with E-state index in [9.17, 15) is 18.0 Å². The van der Waals surface area contributed by atoms with Crippen LogP contribution in [0.4, 0.5) is 18.9 Å². The number of esters is 1. The van der Waals surface area contributed by atoms with Gasteiger partial charge in [0.25, 0.3) is 0 Å².